The fraction of sp³-hybridized carbons (Fsp3) is 0.118. The molecule has 6 heteroatoms. The van der Waals surface area contributed by atoms with Crippen LogP contribution in [0.4, 0.5) is 5.69 Å². The molecule has 0 saturated carbocycles. The van der Waals surface area contributed by atoms with Crippen LogP contribution in [0.2, 0.25) is 0 Å². The van der Waals surface area contributed by atoms with Gasteiger partial charge >= 0.3 is 0 Å². The van der Waals surface area contributed by atoms with E-state index >= 15 is 0 Å². The molecule has 3 rings (SSSR count). The molecule has 0 saturated heterocycles. The van der Waals surface area contributed by atoms with E-state index in [4.69, 9.17) is 10.5 Å². The minimum absolute atomic E-state index is 0.0462. The molecule has 116 valence electrons. The van der Waals surface area contributed by atoms with Gasteiger partial charge in [-0.1, -0.05) is 41.7 Å². The Hall–Kier alpha value is -2.73. The first-order chi connectivity index (χ1) is 11.2. The van der Waals surface area contributed by atoms with Gasteiger partial charge in [0, 0.05) is 11.1 Å². The first-order valence-corrected chi connectivity index (χ1v) is 7.83. The molecule has 0 aliphatic heterocycles. The van der Waals surface area contributed by atoms with E-state index in [1.165, 1.54) is 11.3 Å². The number of rotatable bonds is 5. The highest BCUT2D eigenvalue weighted by Crippen LogP contribution is 2.25. The average molecular weight is 325 g/mol. The quantitative estimate of drug-likeness (QED) is 0.575. The number of nitrogens with two attached hydrogens (primary N) is 1. The third-order valence-corrected chi connectivity index (χ3v) is 4.32. The zero-order valence-electron chi connectivity index (χ0n) is 12.5. The van der Waals surface area contributed by atoms with Gasteiger partial charge in [-0.15, -0.1) is 10.2 Å². The lowest BCUT2D eigenvalue weighted by molar-refractivity contribution is 0.0992. The number of nitrogens with zero attached hydrogens (tertiary/aromatic N) is 2. The zero-order chi connectivity index (χ0) is 16.2. The molecule has 0 spiro atoms. The number of anilines is 1. The summed E-state index contributed by atoms with van der Waals surface area (Å²) in [5.41, 5.74) is 7.82. The number of carbonyl (C=O) groups is 1. The molecule has 0 atom stereocenters. The van der Waals surface area contributed by atoms with Gasteiger partial charge in [-0.3, -0.25) is 4.79 Å². The molecule has 2 N–H and O–H groups in total. The van der Waals surface area contributed by atoms with E-state index in [0.717, 1.165) is 10.6 Å². The number of benzene rings is 2. The molecule has 23 heavy (non-hydrogen) atoms. The van der Waals surface area contributed by atoms with E-state index < -0.39 is 0 Å². The van der Waals surface area contributed by atoms with Crippen LogP contribution < -0.4 is 10.5 Å². The second-order valence-corrected chi connectivity index (χ2v) is 5.99. The Morgan fingerprint density at radius 1 is 1.17 bits per heavy atom. The molecule has 3 aromatic rings. The van der Waals surface area contributed by atoms with E-state index in [-0.39, 0.29) is 12.2 Å². The number of hydrogen-bond acceptors (Lipinski definition) is 6. The normalized spacial score (nSPS) is 10.5. The van der Waals surface area contributed by atoms with Gasteiger partial charge in [-0.05, 0) is 18.2 Å². The van der Waals surface area contributed by atoms with E-state index in [2.05, 4.69) is 10.2 Å². The number of carbonyl (C=O) groups excluding carboxylic acids is 1. The van der Waals surface area contributed by atoms with E-state index in [1.807, 2.05) is 30.3 Å². The highest BCUT2D eigenvalue weighted by atomic mass is 32.1. The fourth-order valence-electron chi connectivity index (χ4n) is 2.17. The largest absolute Gasteiger partial charge is 0.495 e. The summed E-state index contributed by atoms with van der Waals surface area (Å²) in [5.74, 6) is 0.513. The maximum absolute atomic E-state index is 12.4. The number of hydrogen-bond donors (Lipinski definition) is 1. The monoisotopic (exact) mass is 325 g/mol. The molecule has 0 fully saturated rings. The summed E-state index contributed by atoms with van der Waals surface area (Å²) in [6.45, 7) is 0. The van der Waals surface area contributed by atoms with Crippen molar-refractivity contribution in [2.45, 2.75) is 6.42 Å². The first-order valence-electron chi connectivity index (χ1n) is 7.02. The van der Waals surface area contributed by atoms with Crippen LogP contribution in [0.25, 0.3) is 10.6 Å². The van der Waals surface area contributed by atoms with Gasteiger partial charge in [0.05, 0.1) is 19.2 Å². The van der Waals surface area contributed by atoms with Crippen molar-refractivity contribution in [2.24, 2.45) is 0 Å². The molecular formula is C17H15N3O2S. The Bertz CT molecular complexity index is 831. The van der Waals surface area contributed by atoms with Gasteiger partial charge < -0.3 is 10.5 Å². The molecule has 1 aromatic heterocycles. The average Bonchev–Trinajstić information content (AvgIpc) is 3.04. The van der Waals surface area contributed by atoms with Crippen molar-refractivity contribution in [1.82, 2.24) is 10.2 Å². The van der Waals surface area contributed by atoms with Crippen molar-refractivity contribution >= 4 is 22.8 Å². The predicted octanol–water partition coefficient (Wildman–Crippen LogP) is 3.22. The lowest BCUT2D eigenvalue weighted by Gasteiger charge is -2.05. The van der Waals surface area contributed by atoms with Crippen molar-refractivity contribution in [3.63, 3.8) is 0 Å². The number of ketones is 1. The lowest BCUT2D eigenvalue weighted by atomic mass is 10.1. The van der Waals surface area contributed by atoms with Crippen LogP contribution >= 0.6 is 11.3 Å². The predicted molar refractivity (Wildman–Crippen MR) is 90.8 cm³/mol. The smallest absolute Gasteiger partial charge is 0.169 e. The molecule has 0 radical (unpaired) electrons. The van der Waals surface area contributed by atoms with Crippen molar-refractivity contribution in [3.05, 3.63) is 59.1 Å². The van der Waals surface area contributed by atoms with Crippen molar-refractivity contribution in [1.29, 1.82) is 0 Å². The summed E-state index contributed by atoms with van der Waals surface area (Å²) >= 11 is 1.42. The van der Waals surface area contributed by atoms with Gasteiger partial charge in [0.1, 0.15) is 15.8 Å². The molecule has 5 nitrogen and oxygen atoms in total. The Morgan fingerprint density at radius 2 is 1.96 bits per heavy atom. The Balaban J connectivity index is 1.76. The van der Waals surface area contributed by atoms with Crippen molar-refractivity contribution in [2.75, 3.05) is 12.8 Å². The third kappa shape index (κ3) is 3.37. The second kappa shape index (κ2) is 6.58. The number of Topliss-reactive ketones (excluding diaryl/α,β-unsaturated/α-hetero) is 1. The topological polar surface area (TPSA) is 78.1 Å². The summed E-state index contributed by atoms with van der Waals surface area (Å²) in [7, 11) is 1.54. The van der Waals surface area contributed by atoms with Crippen LogP contribution in [-0.4, -0.2) is 23.1 Å². The van der Waals surface area contributed by atoms with Gasteiger partial charge in [0.15, 0.2) is 5.78 Å². The summed E-state index contributed by atoms with van der Waals surface area (Å²) in [5, 5.41) is 9.75. The molecule has 0 bridgehead atoms. The zero-order valence-corrected chi connectivity index (χ0v) is 13.3. The molecule has 2 aromatic carbocycles. The minimum atomic E-state index is -0.0462. The number of nitrogen functional groups attached to an aromatic ring is 1. The lowest BCUT2D eigenvalue weighted by Crippen LogP contribution is -2.04. The van der Waals surface area contributed by atoms with Crippen LogP contribution in [0.15, 0.2) is 48.5 Å². The van der Waals surface area contributed by atoms with E-state index in [9.17, 15) is 4.79 Å². The van der Waals surface area contributed by atoms with Crippen LogP contribution in [-0.2, 0) is 6.42 Å². The van der Waals surface area contributed by atoms with Crippen LogP contribution in [0, 0.1) is 0 Å². The Kier molecular flexibility index (Phi) is 4.34. The summed E-state index contributed by atoms with van der Waals surface area (Å²) in [4.78, 5) is 12.4. The van der Waals surface area contributed by atoms with Crippen LogP contribution in [0.5, 0.6) is 5.75 Å². The molecule has 0 aliphatic rings. The standard InChI is InChI=1S/C17H15N3O2S/c1-22-15-8-7-12(9-13(15)18)14(21)10-16-19-20-17(23-16)11-5-3-2-4-6-11/h2-9H,10,18H2,1H3. The van der Waals surface area contributed by atoms with Gasteiger partial charge in [0.25, 0.3) is 0 Å². The number of ether oxygens (including phenoxy) is 1. The Morgan fingerprint density at radius 3 is 2.65 bits per heavy atom. The molecular weight excluding hydrogens is 310 g/mol. The fourth-order valence-corrected chi connectivity index (χ4v) is 3.01. The minimum Gasteiger partial charge on any atom is -0.495 e. The van der Waals surface area contributed by atoms with Crippen LogP contribution in [0.1, 0.15) is 15.4 Å². The van der Waals surface area contributed by atoms with Gasteiger partial charge in [-0.25, -0.2) is 0 Å². The number of methoxy groups -OCH3 is 1. The SMILES string of the molecule is COc1ccc(C(=O)Cc2nnc(-c3ccccc3)s2)cc1N. The van der Waals surface area contributed by atoms with E-state index in [1.54, 1.807) is 25.3 Å². The summed E-state index contributed by atoms with van der Waals surface area (Å²) in [6, 6.07) is 14.8. The number of aromatic nitrogens is 2. The second-order valence-electron chi connectivity index (χ2n) is 4.92. The highest BCUT2D eigenvalue weighted by Gasteiger charge is 2.13. The maximum atomic E-state index is 12.4. The molecule has 1 heterocycles. The molecule has 0 unspecified atom stereocenters. The summed E-state index contributed by atoms with van der Waals surface area (Å²) < 4.78 is 5.09. The van der Waals surface area contributed by atoms with Gasteiger partial charge in [0.2, 0.25) is 0 Å². The van der Waals surface area contributed by atoms with Crippen molar-refractivity contribution < 1.29 is 9.53 Å². The maximum Gasteiger partial charge on any atom is 0.169 e. The van der Waals surface area contributed by atoms with Crippen molar-refractivity contribution in [3.8, 4) is 16.3 Å². The molecule has 0 amide bonds. The summed E-state index contributed by atoms with van der Waals surface area (Å²) in [6.07, 6.45) is 0.205. The molecule has 0 aliphatic carbocycles. The van der Waals surface area contributed by atoms with Gasteiger partial charge in [-0.2, -0.15) is 0 Å². The highest BCUT2D eigenvalue weighted by molar-refractivity contribution is 7.14. The van der Waals surface area contributed by atoms with Crippen LogP contribution in [0.3, 0.4) is 0 Å². The third-order valence-electron chi connectivity index (χ3n) is 3.35. The first kappa shape index (κ1) is 15.2. The Labute approximate surface area is 137 Å². The van der Waals surface area contributed by atoms with E-state index in [0.29, 0.717) is 22.0 Å².